The number of benzene rings is 1. The van der Waals surface area contributed by atoms with Crippen LogP contribution in [0.25, 0.3) is 6.08 Å². The Balaban J connectivity index is 1.63. The molecule has 1 fully saturated rings. The predicted molar refractivity (Wildman–Crippen MR) is 110 cm³/mol. The summed E-state index contributed by atoms with van der Waals surface area (Å²) in [6.45, 7) is 5.40. The van der Waals surface area contributed by atoms with Crippen LogP contribution in [0.5, 0.6) is 11.5 Å². The molecule has 2 aromatic rings. The number of piperazine rings is 1. The summed E-state index contributed by atoms with van der Waals surface area (Å²) in [5, 5.41) is 0.453. The van der Waals surface area contributed by atoms with Crippen LogP contribution in [0.1, 0.15) is 12.5 Å². The van der Waals surface area contributed by atoms with Gasteiger partial charge in [-0.2, -0.15) is 0 Å². The number of carbonyl (C=O) groups is 1. The van der Waals surface area contributed by atoms with E-state index >= 15 is 0 Å². The molecule has 1 saturated heterocycles. The monoisotopic (exact) mass is 402 g/mol. The summed E-state index contributed by atoms with van der Waals surface area (Å²) < 4.78 is 10.9. The van der Waals surface area contributed by atoms with Crippen molar-refractivity contribution in [1.82, 2.24) is 4.90 Å². The van der Waals surface area contributed by atoms with E-state index in [9.17, 15) is 4.79 Å². The lowest BCUT2D eigenvalue weighted by Gasteiger charge is -2.35. The molecule has 0 atom stereocenters. The number of pyridine rings is 1. The topological polar surface area (TPSA) is 56.2 Å². The molecule has 28 heavy (non-hydrogen) atoms. The van der Waals surface area contributed by atoms with Gasteiger partial charge in [0.1, 0.15) is 0 Å². The van der Waals surface area contributed by atoms with Gasteiger partial charge in [0.25, 0.3) is 0 Å². The maximum atomic E-state index is 12.6. The Morgan fingerprint density at radius 1 is 1.21 bits per heavy atom. The smallest absolute Gasteiger partial charge is 0.246 e. The molecule has 148 valence electrons. The van der Waals surface area contributed by atoms with Gasteiger partial charge in [0.2, 0.25) is 5.91 Å². The number of halogens is 1. The summed E-state index contributed by atoms with van der Waals surface area (Å²) in [6.07, 6.45) is 7.16. The van der Waals surface area contributed by atoms with Gasteiger partial charge in [0, 0.05) is 50.1 Å². The molecule has 1 amide bonds. The second-order valence-corrected chi connectivity index (χ2v) is 6.78. The molecule has 1 aromatic heterocycles. The lowest BCUT2D eigenvalue weighted by Crippen LogP contribution is -2.48. The highest BCUT2D eigenvalue weighted by Crippen LogP contribution is 2.36. The molecule has 7 heteroatoms. The summed E-state index contributed by atoms with van der Waals surface area (Å²) in [5.74, 6) is 1.06. The molecule has 0 aliphatic carbocycles. The number of amides is 1. The highest BCUT2D eigenvalue weighted by molar-refractivity contribution is 6.32. The number of hydrogen-bond donors (Lipinski definition) is 0. The van der Waals surface area contributed by atoms with E-state index in [0.717, 1.165) is 24.3 Å². The minimum Gasteiger partial charge on any atom is -0.491 e. The molecule has 0 spiro atoms. The first-order chi connectivity index (χ1) is 13.6. The number of nitrogens with one attached hydrogen (secondary N) is 1. The third-order valence-corrected chi connectivity index (χ3v) is 4.89. The fourth-order valence-electron chi connectivity index (χ4n) is 3.19. The number of hydrogen-bond acceptors (Lipinski definition) is 4. The zero-order valence-corrected chi connectivity index (χ0v) is 16.9. The van der Waals surface area contributed by atoms with Crippen molar-refractivity contribution in [1.29, 1.82) is 0 Å². The number of anilines is 1. The van der Waals surface area contributed by atoms with Crippen molar-refractivity contribution in [2.24, 2.45) is 0 Å². The predicted octanol–water partition coefficient (Wildman–Crippen LogP) is 2.92. The largest absolute Gasteiger partial charge is 0.491 e. The maximum absolute atomic E-state index is 12.6. The van der Waals surface area contributed by atoms with E-state index in [1.54, 1.807) is 25.3 Å². The van der Waals surface area contributed by atoms with E-state index < -0.39 is 0 Å². The molecular formula is C21H25ClN3O3+. The fraction of sp³-hybridized carbons (Fsp3) is 0.333. The standard InChI is InChI=1S/C21H24ClN3O3/c1-3-28-19-15-16(14-18(22)21(19)27-2)4-5-20(26)25-12-10-24(11-13-25)17-6-8-23-9-7-17/h4-9,14-15H,3,10-13H2,1-2H3/p+1/b5-4+. The van der Waals surface area contributed by atoms with Crippen molar-refractivity contribution in [2.75, 3.05) is 44.8 Å². The lowest BCUT2D eigenvalue weighted by molar-refractivity contribution is -0.377. The molecule has 1 N–H and O–H groups in total. The molecule has 3 rings (SSSR count). The Kier molecular flexibility index (Phi) is 6.76. The Hall–Kier alpha value is -2.73. The molecule has 0 radical (unpaired) electrons. The quantitative estimate of drug-likeness (QED) is 0.697. The zero-order chi connectivity index (χ0) is 19.9. The van der Waals surface area contributed by atoms with E-state index in [2.05, 4.69) is 9.88 Å². The molecule has 0 bridgehead atoms. The Bertz CT molecular complexity index is 834. The van der Waals surface area contributed by atoms with Crippen molar-refractivity contribution in [2.45, 2.75) is 6.92 Å². The van der Waals surface area contributed by atoms with Crippen LogP contribution in [-0.2, 0) is 4.79 Å². The molecule has 0 unspecified atom stereocenters. The third kappa shape index (κ3) is 4.75. The average molecular weight is 403 g/mol. The zero-order valence-electron chi connectivity index (χ0n) is 16.2. The fourth-order valence-corrected chi connectivity index (χ4v) is 3.49. The van der Waals surface area contributed by atoms with Crippen LogP contribution in [0, 0.1) is 0 Å². The number of aromatic amines is 1. The highest BCUT2D eigenvalue weighted by atomic mass is 35.5. The van der Waals surface area contributed by atoms with Gasteiger partial charge in [-0.15, -0.1) is 0 Å². The number of methoxy groups -OCH3 is 1. The van der Waals surface area contributed by atoms with Gasteiger partial charge in [0.15, 0.2) is 23.9 Å². The number of ether oxygens (including phenoxy) is 2. The van der Waals surface area contributed by atoms with Crippen LogP contribution in [0.15, 0.2) is 42.7 Å². The van der Waals surface area contributed by atoms with Crippen LogP contribution in [0.3, 0.4) is 0 Å². The van der Waals surface area contributed by atoms with Gasteiger partial charge in [0.05, 0.1) is 18.7 Å². The van der Waals surface area contributed by atoms with Crippen LogP contribution in [-0.4, -0.2) is 50.7 Å². The van der Waals surface area contributed by atoms with Crippen LogP contribution in [0.2, 0.25) is 5.02 Å². The van der Waals surface area contributed by atoms with Crippen LogP contribution >= 0.6 is 11.6 Å². The lowest BCUT2D eigenvalue weighted by atomic mass is 10.1. The summed E-state index contributed by atoms with van der Waals surface area (Å²) in [7, 11) is 1.55. The number of aromatic nitrogens is 1. The van der Waals surface area contributed by atoms with Gasteiger partial charge < -0.3 is 19.3 Å². The van der Waals surface area contributed by atoms with E-state index in [1.165, 1.54) is 0 Å². The number of H-pyrrole nitrogens is 1. The van der Waals surface area contributed by atoms with Crippen molar-refractivity contribution in [3.63, 3.8) is 0 Å². The molecule has 1 aromatic carbocycles. The summed E-state index contributed by atoms with van der Waals surface area (Å²) >= 11 is 6.27. The molecule has 2 heterocycles. The van der Waals surface area contributed by atoms with Gasteiger partial charge in [-0.25, -0.2) is 4.98 Å². The Morgan fingerprint density at radius 2 is 1.93 bits per heavy atom. The molecule has 6 nitrogen and oxygen atoms in total. The second kappa shape index (κ2) is 9.46. The summed E-state index contributed by atoms with van der Waals surface area (Å²) in [4.78, 5) is 19.7. The number of carbonyl (C=O) groups excluding carboxylic acids is 1. The number of rotatable bonds is 6. The van der Waals surface area contributed by atoms with E-state index in [-0.39, 0.29) is 5.91 Å². The van der Waals surface area contributed by atoms with Crippen molar-refractivity contribution in [3.8, 4) is 11.5 Å². The van der Waals surface area contributed by atoms with Crippen LogP contribution < -0.4 is 19.4 Å². The van der Waals surface area contributed by atoms with E-state index in [4.69, 9.17) is 21.1 Å². The highest BCUT2D eigenvalue weighted by Gasteiger charge is 2.20. The molecule has 0 saturated carbocycles. The Morgan fingerprint density at radius 3 is 2.57 bits per heavy atom. The first-order valence-electron chi connectivity index (χ1n) is 9.30. The van der Waals surface area contributed by atoms with Gasteiger partial charge in [-0.1, -0.05) is 11.6 Å². The number of nitrogens with zero attached hydrogens (tertiary/aromatic N) is 2. The normalized spacial score (nSPS) is 14.4. The first-order valence-corrected chi connectivity index (χ1v) is 9.68. The van der Waals surface area contributed by atoms with E-state index in [1.807, 2.05) is 42.4 Å². The first kappa shape index (κ1) is 20.0. The SMILES string of the molecule is CCOc1cc(/C=C/C(=O)N2CCN(c3cc[nH+]cc3)CC2)cc(Cl)c1OC. The molecule has 1 aliphatic heterocycles. The van der Waals surface area contributed by atoms with Gasteiger partial charge in [-0.05, 0) is 30.7 Å². The maximum Gasteiger partial charge on any atom is 0.246 e. The minimum atomic E-state index is -0.00838. The van der Waals surface area contributed by atoms with Crippen molar-refractivity contribution in [3.05, 3.63) is 53.3 Å². The minimum absolute atomic E-state index is 0.00838. The van der Waals surface area contributed by atoms with Crippen LogP contribution in [0.4, 0.5) is 5.69 Å². The van der Waals surface area contributed by atoms with Crippen molar-refractivity contribution < 1.29 is 19.3 Å². The molecule has 1 aliphatic rings. The second-order valence-electron chi connectivity index (χ2n) is 6.37. The van der Waals surface area contributed by atoms with Gasteiger partial charge >= 0.3 is 0 Å². The van der Waals surface area contributed by atoms with Gasteiger partial charge in [-0.3, -0.25) is 4.79 Å². The summed E-state index contributed by atoms with van der Waals surface area (Å²) in [6, 6.07) is 7.67. The van der Waals surface area contributed by atoms with Crippen molar-refractivity contribution >= 4 is 29.3 Å². The van der Waals surface area contributed by atoms with E-state index in [0.29, 0.717) is 36.2 Å². The third-order valence-electron chi connectivity index (χ3n) is 4.61. The summed E-state index contributed by atoms with van der Waals surface area (Å²) in [5.41, 5.74) is 1.96. The molecular weight excluding hydrogens is 378 g/mol. The Labute approximate surface area is 170 Å². The average Bonchev–Trinajstić information content (AvgIpc) is 2.73.